The van der Waals surface area contributed by atoms with E-state index in [1.807, 2.05) is 12.1 Å². The molecule has 4 rings (SSSR count). The molecule has 2 aliphatic rings. The van der Waals surface area contributed by atoms with Crippen molar-refractivity contribution < 1.29 is 4.74 Å². The maximum absolute atomic E-state index is 6.29. The fourth-order valence-electron chi connectivity index (χ4n) is 4.05. The van der Waals surface area contributed by atoms with Crippen LogP contribution in [0.15, 0.2) is 24.4 Å². The monoisotopic (exact) mass is 392 g/mol. The van der Waals surface area contributed by atoms with Crippen molar-refractivity contribution in [1.82, 2.24) is 9.97 Å². The van der Waals surface area contributed by atoms with Crippen molar-refractivity contribution in [2.45, 2.75) is 32.3 Å². The number of halogens is 2. The highest BCUT2D eigenvalue weighted by molar-refractivity contribution is 6.43. The van der Waals surface area contributed by atoms with Gasteiger partial charge in [0, 0.05) is 18.7 Å². The van der Waals surface area contributed by atoms with Crippen LogP contribution in [-0.2, 0) is 4.74 Å². The molecule has 2 aromatic rings. The first-order chi connectivity index (χ1) is 12.5. The molecule has 0 radical (unpaired) electrons. The molecule has 1 spiro atoms. The first-order valence-electron chi connectivity index (χ1n) is 8.91. The summed E-state index contributed by atoms with van der Waals surface area (Å²) < 4.78 is 5.80. The van der Waals surface area contributed by atoms with Crippen LogP contribution < -0.4 is 10.6 Å². The summed E-state index contributed by atoms with van der Waals surface area (Å²) >= 11 is 12.4. The molecular formula is C19H22Cl2N4O. The van der Waals surface area contributed by atoms with Gasteiger partial charge >= 0.3 is 0 Å². The number of aromatic nitrogens is 2. The second kappa shape index (κ2) is 6.87. The van der Waals surface area contributed by atoms with E-state index in [-0.39, 0.29) is 0 Å². The summed E-state index contributed by atoms with van der Waals surface area (Å²) in [7, 11) is 0. The van der Waals surface area contributed by atoms with E-state index >= 15 is 0 Å². The van der Waals surface area contributed by atoms with Gasteiger partial charge in [-0.3, -0.25) is 0 Å². The highest BCUT2D eigenvalue weighted by Gasteiger charge is 2.41. The number of piperidine rings is 1. The molecule has 2 fully saturated rings. The SMILES string of the molecule is C[C@H]1CC2(CCN(c3cnc(-c4cccc(Cl)c4Cl)c(N)n3)CC2)CO1. The molecule has 0 bridgehead atoms. The standard InChI is InChI=1S/C19H22Cl2N4O/c1-12-9-19(11-26-12)5-7-25(8-6-19)15-10-23-17(18(22)24-15)13-3-2-4-14(20)16(13)21/h2-4,10,12H,5-9,11H2,1H3,(H2,22,24)/t12-/m0/s1. The third kappa shape index (κ3) is 3.24. The molecule has 1 aromatic carbocycles. The van der Waals surface area contributed by atoms with Gasteiger partial charge in [-0.05, 0) is 37.7 Å². The molecule has 2 N–H and O–H groups in total. The van der Waals surface area contributed by atoms with Crippen molar-refractivity contribution in [1.29, 1.82) is 0 Å². The molecule has 0 amide bonds. The minimum absolute atomic E-state index is 0.336. The van der Waals surface area contributed by atoms with Gasteiger partial charge in [0.2, 0.25) is 0 Å². The lowest BCUT2D eigenvalue weighted by Crippen LogP contribution is -2.41. The molecule has 2 aliphatic heterocycles. The third-order valence-electron chi connectivity index (χ3n) is 5.54. The van der Waals surface area contributed by atoms with Gasteiger partial charge in [0.15, 0.2) is 5.82 Å². The number of benzene rings is 1. The number of rotatable bonds is 2. The molecule has 0 aliphatic carbocycles. The second-order valence-corrected chi connectivity index (χ2v) is 8.16. The minimum atomic E-state index is 0.336. The maximum Gasteiger partial charge on any atom is 0.152 e. The normalized spacial score (nSPS) is 22.1. The van der Waals surface area contributed by atoms with Crippen molar-refractivity contribution in [3.05, 3.63) is 34.4 Å². The molecule has 3 heterocycles. The van der Waals surface area contributed by atoms with Crippen LogP contribution in [0.1, 0.15) is 26.2 Å². The van der Waals surface area contributed by atoms with Crippen molar-refractivity contribution in [3.8, 4) is 11.3 Å². The second-order valence-electron chi connectivity index (χ2n) is 7.38. The Morgan fingerprint density at radius 1 is 1.27 bits per heavy atom. The Hall–Kier alpha value is -1.56. The quantitative estimate of drug-likeness (QED) is 0.818. The van der Waals surface area contributed by atoms with E-state index in [1.54, 1.807) is 12.3 Å². The van der Waals surface area contributed by atoms with Gasteiger partial charge in [0.05, 0.1) is 29.0 Å². The van der Waals surface area contributed by atoms with Crippen molar-refractivity contribution in [3.63, 3.8) is 0 Å². The summed E-state index contributed by atoms with van der Waals surface area (Å²) in [6, 6.07) is 5.41. The Labute approximate surface area is 163 Å². The van der Waals surface area contributed by atoms with E-state index in [4.69, 9.17) is 33.7 Å². The zero-order valence-corrected chi connectivity index (χ0v) is 16.2. The highest BCUT2D eigenvalue weighted by atomic mass is 35.5. The Balaban J connectivity index is 1.53. The summed E-state index contributed by atoms with van der Waals surface area (Å²) in [6.45, 7) is 4.93. The molecule has 1 aromatic heterocycles. The van der Waals surface area contributed by atoms with E-state index in [0.29, 0.717) is 38.6 Å². The fraction of sp³-hybridized carbons (Fsp3) is 0.474. The molecule has 5 nitrogen and oxygen atoms in total. The Morgan fingerprint density at radius 2 is 2.04 bits per heavy atom. The molecule has 0 saturated carbocycles. The number of hydrogen-bond donors (Lipinski definition) is 1. The lowest BCUT2D eigenvalue weighted by molar-refractivity contribution is 0.0976. The van der Waals surface area contributed by atoms with E-state index < -0.39 is 0 Å². The van der Waals surface area contributed by atoms with E-state index in [0.717, 1.165) is 44.8 Å². The van der Waals surface area contributed by atoms with Crippen LogP contribution in [-0.4, -0.2) is 35.8 Å². The van der Waals surface area contributed by atoms with Gasteiger partial charge in [-0.25, -0.2) is 9.97 Å². The van der Waals surface area contributed by atoms with Crippen LogP contribution in [0.3, 0.4) is 0 Å². The van der Waals surface area contributed by atoms with Gasteiger partial charge in [-0.1, -0.05) is 35.3 Å². The van der Waals surface area contributed by atoms with Gasteiger partial charge in [-0.15, -0.1) is 0 Å². The van der Waals surface area contributed by atoms with Crippen LogP contribution >= 0.6 is 23.2 Å². The summed E-state index contributed by atoms with van der Waals surface area (Å²) in [5, 5.41) is 0.918. The smallest absolute Gasteiger partial charge is 0.152 e. The largest absolute Gasteiger partial charge is 0.382 e. The topological polar surface area (TPSA) is 64.3 Å². The van der Waals surface area contributed by atoms with Crippen LogP contribution in [0.2, 0.25) is 10.0 Å². The number of ether oxygens (including phenoxy) is 1. The number of nitrogen functional groups attached to an aromatic ring is 1. The van der Waals surface area contributed by atoms with Gasteiger partial charge < -0.3 is 15.4 Å². The first kappa shape index (κ1) is 17.8. The number of anilines is 2. The summed E-state index contributed by atoms with van der Waals surface area (Å²) in [5.41, 5.74) is 7.79. The molecular weight excluding hydrogens is 371 g/mol. The Kier molecular flexibility index (Phi) is 4.71. The zero-order valence-electron chi connectivity index (χ0n) is 14.7. The number of nitrogens with two attached hydrogens (primary N) is 1. The third-order valence-corrected chi connectivity index (χ3v) is 6.35. The van der Waals surface area contributed by atoms with E-state index in [1.165, 1.54) is 0 Å². The van der Waals surface area contributed by atoms with Crippen LogP contribution in [0.25, 0.3) is 11.3 Å². The van der Waals surface area contributed by atoms with Crippen molar-refractivity contribution in [2.75, 3.05) is 30.3 Å². The first-order valence-corrected chi connectivity index (χ1v) is 9.66. The van der Waals surface area contributed by atoms with Crippen molar-refractivity contribution >= 4 is 34.8 Å². The Bertz CT molecular complexity index is 821. The predicted octanol–water partition coefficient (Wildman–Crippen LogP) is 4.43. The lowest BCUT2D eigenvalue weighted by atomic mass is 9.77. The van der Waals surface area contributed by atoms with Crippen molar-refractivity contribution in [2.24, 2.45) is 5.41 Å². The molecule has 1 atom stereocenters. The van der Waals surface area contributed by atoms with Crippen LogP contribution in [0.4, 0.5) is 11.6 Å². The highest BCUT2D eigenvalue weighted by Crippen LogP contribution is 2.42. The number of hydrogen-bond acceptors (Lipinski definition) is 5. The lowest BCUT2D eigenvalue weighted by Gasteiger charge is -2.38. The molecule has 138 valence electrons. The average Bonchev–Trinajstić information content (AvgIpc) is 2.99. The minimum Gasteiger partial charge on any atom is -0.382 e. The van der Waals surface area contributed by atoms with Gasteiger partial charge in [0.25, 0.3) is 0 Å². The summed E-state index contributed by atoms with van der Waals surface area (Å²) in [5.74, 6) is 1.18. The molecule has 2 saturated heterocycles. The van der Waals surface area contributed by atoms with Crippen LogP contribution in [0.5, 0.6) is 0 Å². The zero-order chi connectivity index (χ0) is 18.3. The van der Waals surface area contributed by atoms with Gasteiger partial charge in [-0.2, -0.15) is 0 Å². The summed E-state index contributed by atoms with van der Waals surface area (Å²) in [4.78, 5) is 11.4. The predicted molar refractivity (Wildman–Crippen MR) is 106 cm³/mol. The number of nitrogens with zero attached hydrogens (tertiary/aromatic N) is 3. The molecule has 0 unspecified atom stereocenters. The average molecular weight is 393 g/mol. The fourth-order valence-corrected chi connectivity index (χ4v) is 4.44. The van der Waals surface area contributed by atoms with Gasteiger partial charge in [0.1, 0.15) is 11.5 Å². The maximum atomic E-state index is 6.29. The van der Waals surface area contributed by atoms with E-state index in [2.05, 4.69) is 21.8 Å². The van der Waals surface area contributed by atoms with E-state index in [9.17, 15) is 0 Å². The molecule has 7 heteroatoms. The van der Waals surface area contributed by atoms with Crippen LogP contribution in [0, 0.1) is 5.41 Å². The Morgan fingerprint density at radius 3 is 2.69 bits per heavy atom. The summed E-state index contributed by atoms with van der Waals surface area (Å²) in [6.07, 6.45) is 5.52. The molecule has 26 heavy (non-hydrogen) atoms.